The minimum atomic E-state index is -0.421. The zero-order chi connectivity index (χ0) is 23.2. The third-order valence-electron chi connectivity index (χ3n) is 5.83. The zero-order valence-electron chi connectivity index (χ0n) is 18.5. The average molecular weight is 455 g/mol. The second-order valence-corrected chi connectivity index (χ2v) is 8.43. The van der Waals surface area contributed by atoms with Crippen molar-refractivity contribution in [1.82, 2.24) is 20.4 Å². The van der Waals surface area contributed by atoms with Crippen LogP contribution in [0.25, 0.3) is 11.3 Å². The van der Waals surface area contributed by atoms with E-state index < -0.39 is 11.9 Å². The summed E-state index contributed by atoms with van der Waals surface area (Å²) in [6.07, 6.45) is 6.11. The largest absolute Gasteiger partial charge is 0.438 e. The van der Waals surface area contributed by atoms with E-state index in [0.29, 0.717) is 42.2 Å². The number of unbranched alkanes of at least 4 members (excludes halogenated alkanes) is 2. The number of oxazole rings is 1. The number of hydrogen-bond acceptors (Lipinski definition) is 7. The maximum absolute atomic E-state index is 14.1. The molecule has 2 aromatic heterocycles. The smallest absolute Gasteiger partial charge is 0.226 e. The van der Waals surface area contributed by atoms with Crippen LogP contribution in [0.15, 0.2) is 51.7 Å². The number of nitrogens with zero attached hydrogens (tertiary/aromatic N) is 3. The first-order chi connectivity index (χ1) is 16.0. The van der Waals surface area contributed by atoms with E-state index in [2.05, 4.69) is 20.4 Å². The molecule has 1 N–H and O–H groups in total. The van der Waals surface area contributed by atoms with Gasteiger partial charge in [0.1, 0.15) is 23.8 Å². The molecule has 3 heterocycles. The van der Waals surface area contributed by atoms with Crippen molar-refractivity contribution in [2.45, 2.75) is 38.1 Å². The molecular formula is C24H27FN4O4. The van der Waals surface area contributed by atoms with Crippen molar-refractivity contribution in [2.75, 3.05) is 20.1 Å². The second kappa shape index (κ2) is 10.5. The highest BCUT2D eigenvalue weighted by Gasteiger charge is 2.32. The molecule has 0 bridgehead atoms. The molecule has 1 atom stereocenters. The summed E-state index contributed by atoms with van der Waals surface area (Å²) in [6.45, 7) is 1.43. The summed E-state index contributed by atoms with van der Waals surface area (Å²) in [5.74, 6) is 0.139. The molecule has 1 saturated heterocycles. The molecule has 1 aromatic carbocycles. The normalized spacial score (nSPS) is 15.2. The molecule has 1 amide bonds. The van der Waals surface area contributed by atoms with Crippen molar-refractivity contribution in [3.8, 4) is 11.3 Å². The number of nitrogens with one attached hydrogen (secondary N) is 1. The van der Waals surface area contributed by atoms with Gasteiger partial charge in [-0.25, -0.2) is 9.37 Å². The molecule has 1 fully saturated rings. The molecule has 0 saturated carbocycles. The van der Waals surface area contributed by atoms with Gasteiger partial charge in [0.05, 0.1) is 17.7 Å². The lowest BCUT2D eigenvalue weighted by Gasteiger charge is -2.35. The second-order valence-electron chi connectivity index (χ2n) is 8.43. The Kier molecular flexibility index (Phi) is 7.29. The summed E-state index contributed by atoms with van der Waals surface area (Å²) in [4.78, 5) is 31.1. The summed E-state index contributed by atoms with van der Waals surface area (Å²) in [5, 5.41) is 6.71. The fourth-order valence-corrected chi connectivity index (χ4v) is 3.94. The third-order valence-corrected chi connectivity index (χ3v) is 5.83. The third kappa shape index (κ3) is 5.73. The van der Waals surface area contributed by atoms with E-state index in [1.807, 2.05) is 7.05 Å². The number of ketones is 1. The fourth-order valence-electron chi connectivity index (χ4n) is 3.94. The van der Waals surface area contributed by atoms with Crippen LogP contribution in [0.2, 0.25) is 0 Å². The van der Waals surface area contributed by atoms with E-state index in [-0.39, 0.29) is 17.6 Å². The summed E-state index contributed by atoms with van der Waals surface area (Å²) in [7, 11) is 1.97. The van der Waals surface area contributed by atoms with Crippen LogP contribution in [0.3, 0.4) is 0 Å². The number of carbonyl (C=O) groups is 2. The lowest BCUT2D eigenvalue weighted by molar-refractivity contribution is -0.130. The molecule has 8 nitrogen and oxygen atoms in total. The Morgan fingerprint density at radius 3 is 2.76 bits per heavy atom. The number of likely N-dealkylation sites (tertiary alicyclic amines) is 1. The zero-order valence-corrected chi connectivity index (χ0v) is 18.5. The van der Waals surface area contributed by atoms with Crippen LogP contribution in [0.5, 0.6) is 0 Å². The van der Waals surface area contributed by atoms with Gasteiger partial charge in [-0.05, 0) is 32.0 Å². The number of rotatable bonds is 11. The average Bonchev–Trinajstić information content (AvgIpc) is 3.48. The summed E-state index contributed by atoms with van der Waals surface area (Å²) < 4.78 is 24.7. The monoisotopic (exact) mass is 454 g/mol. The fraction of sp³-hybridized carbons (Fsp3) is 0.417. The topological polar surface area (TPSA) is 101 Å². The van der Waals surface area contributed by atoms with Crippen LogP contribution in [-0.4, -0.2) is 46.9 Å². The van der Waals surface area contributed by atoms with Gasteiger partial charge in [-0.15, -0.1) is 0 Å². The number of hydrogen-bond donors (Lipinski definition) is 1. The Morgan fingerprint density at radius 2 is 2.03 bits per heavy atom. The molecule has 3 aromatic rings. The van der Waals surface area contributed by atoms with Crippen molar-refractivity contribution in [3.05, 3.63) is 60.2 Å². The Balaban J connectivity index is 1.36. The summed E-state index contributed by atoms with van der Waals surface area (Å²) in [6, 6.07) is 7.47. The van der Waals surface area contributed by atoms with E-state index in [1.54, 1.807) is 24.3 Å². The lowest BCUT2D eigenvalue weighted by Crippen LogP contribution is -2.52. The maximum atomic E-state index is 14.1. The number of halogens is 1. The molecule has 0 unspecified atom stereocenters. The Bertz CT molecular complexity index is 1080. The minimum Gasteiger partial charge on any atom is -0.438 e. The van der Waals surface area contributed by atoms with Gasteiger partial charge in [-0.1, -0.05) is 30.1 Å². The molecule has 0 aliphatic carbocycles. The van der Waals surface area contributed by atoms with Gasteiger partial charge in [0.2, 0.25) is 11.8 Å². The van der Waals surface area contributed by atoms with E-state index in [4.69, 9.17) is 8.94 Å². The van der Waals surface area contributed by atoms with Gasteiger partial charge in [0, 0.05) is 25.6 Å². The van der Waals surface area contributed by atoms with Crippen molar-refractivity contribution in [2.24, 2.45) is 5.92 Å². The van der Waals surface area contributed by atoms with Crippen LogP contribution in [-0.2, 0) is 4.79 Å². The number of amides is 1. The van der Waals surface area contributed by atoms with Gasteiger partial charge in [-0.2, -0.15) is 0 Å². The molecule has 174 valence electrons. The van der Waals surface area contributed by atoms with E-state index in [0.717, 1.165) is 25.9 Å². The number of benzene rings is 1. The Labute approximate surface area is 191 Å². The standard InChI is InChI=1S/C24H27FN4O4/c1-29-14-16(15-29)23(31)27-20(9-3-2-4-10-21(30)19-11-12-32-28-19)24-26-13-22(33-24)17-7-5-6-8-18(17)25/h5-8,11-13,16,20H,2-4,9-10,14-15H2,1H3,(H,27,31)/t20-/m0/s1. The predicted octanol–water partition coefficient (Wildman–Crippen LogP) is 4.02. The molecule has 1 aliphatic rings. The molecule has 33 heavy (non-hydrogen) atoms. The number of Topliss-reactive ketones (excluding diaryl/α,β-unsaturated/α-hetero) is 1. The van der Waals surface area contributed by atoms with E-state index in [1.165, 1.54) is 18.5 Å². The first-order valence-electron chi connectivity index (χ1n) is 11.1. The van der Waals surface area contributed by atoms with Crippen LogP contribution in [0, 0.1) is 11.7 Å². The molecule has 0 spiro atoms. The van der Waals surface area contributed by atoms with Crippen LogP contribution < -0.4 is 5.32 Å². The van der Waals surface area contributed by atoms with Crippen LogP contribution in [0.1, 0.15) is 54.5 Å². The van der Waals surface area contributed by atoms with Crippen molar-refractivity contribution < 1.29 is 22.9 Å². The number of carbonyl (C=O) groups excluding carboxylic acids is 2. The minimum absolute atomic E-state index is 0.0371. The lowest BCUT2D eigenvalue weighted by atomic mass is 9.99. The molecule has 1 aliphatic heterocycles. The van der Waals surface area contributed by atoms with E-state index >= 15 is 0 Å². The van der Waals surface area contributed by atoms with Crippen LogP contribution >= 0.6 is 0 Å². The summed E-state index contributed by atoms with van der Waals surface area (Å²) >= 11 is 0. The van der Waals surface area contributed by atoms with Gasteiger partial charge >= 0.3 is 0 Å². The van der Waals surface area contributed by atoms with Crippen molar-refractivity contribution in [3.63, 3.8) is 0 Å². The Morgan fingerprint density at radius 1 is 1.21 bits per heavy atom. The highest BCUT2D eigenvalue weighted by molar-refractivity contribution is 5.93. The van der Waals surface area contributed by atoms with Gasteiger partial charge in [0.15, 0.2) is 11.5 Å². The highest BCUT2D eigenvalue weighted by Crippen LogP contribution is 2.28. The van der Waals surface area contributed by atoms with E-state index in [9.17, 15) is 14.0 Å². The Hall–Kier alpha value is -3.33. The molecule has 0 radical (unpaired) electrons. The number of aromatic nitrogens is 2. The SMILES string of the molecule is CN1CC(C(=O)N[C@@H](CCCCCC(=O)c2ccon2)c2ncc(-c3ccccc3F)o2)C1. The first-order valence-corrected chi connectivity index (χ1v) is 11.1. The molecule has 4 rings (SSSR count). The van der Waals surface area contributed by atoms with Gasteiger partial charge in [-0.3, -0.25) is 9.59 Å². The molecular weight excluding hydrogens is 427 g/mol. The van der Waals surface area contributed by atoms with Crippen molar-refractivity contribution in [1.29, 1.82) is 0 Å². The maximum Gasteiger partial charge on any atom is 0.226 e. The van der Waals surface area contributed by atoms with Crippen molar-refractivity contribution >= 4 is 11.7 Å². The quantitative estimate of drug-likeness (QED) is 0.345. The molecule has 9 heteroatoms. The van der Waals surface area contributed by atoms with Gasteiger partial charge in [0.25, 0.3) is 0 Å². The summed E-state index contributed by atoms with van der Waals surface area (Å²) in [5.41, 5.74) is 0.666. The van der Waals surface area contributed by atoms with Crippen LogP contribution in [0.4, 0.5) is 4.39 Å². The highest BCUT2D eigenvalue weighted by atomic mass is 19.1. The van der Waals surface area contributed by atoms with Gasteiger partial charge < -0.3 is 19.2 Å². The first kappa shape index (κ1) is 22.8. The predicted molar refractivity (Wildman–Crippen MR) is 118 cm³/mol.